The Morgan fingerprint density at radius 1 is 1.50 bits per heavy atom. The van der Waals surface area contributed by atoms with Gasteiger partial charge in [0.2, 0.25) is 5.91 Å². The van der Waals surface area contributed by atoms with Gasteiger partial charge in [-0.25, -0.2) is 4.79 Å². The molecule has 2 N–H and O–H groups in total. The molecule has 2 unspecified atom stereocenters. The van der Waals surface area contributed by atoms with Crippen LogP contribution >= 0.6 is 0 Å². The summed E-state index contributed by atoms with van der Waals surface area (Å²) in [6.45, 7) is 2.37. The number of nitrogens with zero attached hydrogens (tertiary/aromatic N) is 2. The fourth-order valence-electron chi connectivity index (χ4n) is 1.65. The van der Waals surface area contributed by atoms with E-state index in [1.807, 2.05) is 6.92 Å². The largest absolute Gasteiger partial charge is 0.327 e. The van der Waals surface area contributed by atoms with E-state index in [2.05, 4.69) is 0 Å². The maximum Gasteiger partial charge on any atom is 0.326 e. The van der Waals surface area contributed by atoms with Crippen molar-refractivity contribution in [3.8, 4) is 0 Å². The molecule has 5 nitrogen and oxygen atoms in total. The molecule has 1 fully saturated rings. The van der Waals surface area contributed by atoms with E-state index in [1.165, 1.54) is 11.9 Å². The van der Waals surface area contributed by atoms with Gasteiger partial charge in [0.25, 0.3) is 0 Å². The molecule has 0 saturated carbocycles. The molecule has 0 bridgehead atoms. The quantitative estimate of drug-likeness (QED) is 0.673. The van der Waals surface area contributed by atoms with Gasteiger partial charge in [-0.3, -0.25) is 9.69 Å². The molecule has 1 saturated heterocycles. The third kappa shape index (κ3) is 1.72. The van der Waals surface area contributed by atoms with E-state index in [0.717, 1.165) is 11.3 Å². The third-order valence-corrected chi connectivity index (χ3v) is 2.72. The molecule has 5 heteroatoms. The second-order valence-electron chi connectivity index (χ2n) is 3.74. The molecule has 1 heterocycles. The second kappa shape index (κ2) is 3.96. The summed E-state index contributed by atoms with van der Waals surface area (Å²) in [6.07, 6.45) is 0.742. The first-order valence-corrected chi connectivity index (χ1v) is 4.77. The molecule has 0 aromatic rings. The number of hydrogen-bond acceptors (Lipinski definition) is 3. The molecule has 3 amide bonds. The van der Waals surface area contributed by atoms with E-state index < -0.39 is 0 Å². The first kappa shape index (κ1) is 11.0. The van der Waals surface area contributed by atoms with Crippen LogP contribution in [0.2, 0.25) is 0 Å². The maximum absolute atomic E-state index is 11.7. The lowest BCUT2D eigenvalue weighted by atomic mass is 9.95. The molecule has 14 heavy (non-hydrogen) atoms. The van der Waals surface area contributed by atoms with Crippen molar-refractivity contribution >= 4 is 11.9 Å². The van der Waals surface area contributed by atoms with Gasteiger partial charge in [0.15, 0.2) is 0 Å². The van der Waals surface area contributed by atoms with E-state index in [4.69, 9.17) is 5.73 Å². The number of carbonyl (C=O) groups is 2. The van der Waals surface area contributed by atoms with Crippen LogP contribution in [0.3, 0.4) is 0 Å². The highest BCUT2D eigenvalue weighted by molar-refractivity contribution is 5.97. The molecule has 1 aliphatic rings. The smallest absolute Gasteiger partial charge is 0.326 e. The maximum atomic E-state index is 11.7. The van der Waals surface area contributed by atoms with Crippen LogP contribution < -0.4 is 5.73 Å². The van der Waals surface area contributed by atoms with Crippen LogP contribution in [0.15, 0.2) is 0 Å². The molecule has 0 aliphatic carbocycles. The number of rotatable bonds is 2. The summed E-state index contributed by atoms with van der Waals surface area (Å²) in [6, 6.07) is -0.421. The molecular formula is C9H17N3O2. The monoisotopic (exact) mass is 199 g/mol. The van der Waals surface area contributed by atoms with Gasteiger partial charge in [-0.15, -0.1) is 0 Å². The number of imide groups is 1. The van der Waals surface area contributed by atoms with Gasteiger partial charge in [-0.2, -0.15) is 0 Å². The Balaban J connectivity index is 2.80. The molecule has 0 aromatic heterocycles. The zero-order valence-corrected chi connectivity index (χ0v) is 8.86. The summed E-state index contributed by atoms with van der Waals surface area (Å²) in [5.74, 6) is -0.421. The van der Waals surface area contributed by atoms with Crippen LogP contribution in [-0.2, 0) is 4.79 Å². The summed E-state index contributed by atoms with van der Waals surface area (Å²) >= 11 is 0. The lowest BCUT2D eigenvalue weighted by molar-refractivity contribution is -0.135. The van der Waals surface area contributed by atoms with Gasteiger partial charge in [-0.05, 0) is 6.42 Å². The fraction of sp³-hybridized carbons (Fsp3) is 0.778. The highest BCUT2D eigenvalue weighted by Gasteiger charge is 2.37. The van der Waals surface area contributed by atoms with E-state index in [-0.39, 0.29) is 23.9 Å². The van der Waals surface area contributed by atoms with Crippen LogP contribution in [0.5, 0.6) is 0 Å². The summed E-state index contributed by atoms with van der Waals surface area (Å²) < 4.78 is 0. The van der Waals surface area contributed by atoms with E-state index in [9.17, 15) is 9.59 Å². The van der Waals surface area contributed by atoms with Crippen LogP contribution in [-0.4, -0.2) is 48.4 Å². The van der Waals surface area contributed by atoms with Gasteiger partial charge in [0.1, 0.15) is 0 Å². The molecule has 80 valence electrons. The summed E-state index contributed by atoms with van der Waals surface area (Å²) in [5, 5.41) is 0. The molecule has 0 spiro atoms. The summed E-state index contributed by atoms with van der Waals surface area (Å²) in [7, 11) is 3.18. The van der Waals surface area contributed by atoms with Crippen LogP contribution in [0.25, 0.3) is 0 Å². The van der Waals surface area contributed by atoms with Gasteiger partial charge in [0, 0.05) is 26.7 Å². The molecule has 1 rings (SSSR count). The minimum absolute atomic E-state index is 0.164. The Morgan fingerprint density at radius 3 is 2.57 bits per heavy atom. The fourth-order valence-corrected chi connectivity index (χ4v) is 1.65. The van der Waals surface area contributed by atoms with Crippen LogP contribution in [0.1, 0.15) is 13.3 Å². The van der Waals surface area contributed by atoms with Crippen molar-refractivity contribution in [2.75, 3.05) is 20.6 Å². The van der Waals surface area contributed by atoms with Gasteiger partial charge in [0.05, 0.1) is 5.92 Å². The highest BCUT2D eigenvalue weighted by atomic mass is 16.2. The highest BCUT2D eigenvalue weighted by Crippen LogP contribution is 2.17. The predicted molar refractivity (Wildman–Crippen MR) is 52.6 cm³/mol. The van der Waals surface area contributed by atoms with Gasteiger partial charge in [-0.1, -0.05) is 6.92 Å². The SMILES string of the molecule is CCC(N)C1CN(C)C(=O)N(C)C1=O. The zero-order valence-electron chi connectivity index (χ0n) is 8.86. The number of hydrogen-bond donors (Lipinski definition) is 1. The van der Waals surface area contributed by atoms with Crippen molar-refractivity contribution in [1.82, 2.24) is 9.80 Å². The van der Waals surface area contributed by atoms with Crippen molar-refractivity contribution in [3.05, 3.63) is 0 Å². The molecule has 2 atom stereocenters. The average molecular weight is 199 g/mol. The minimum Gasteiger partial charge on any atom is -0.327 e. The van der Waals surface area contributed by atoms with Crippen molar-refractivity contribution in [2.24, 2.45) is 11.7 Å². The Hall–Kier alpha value is -1.10. The molecule has 0 aromatic carbocycles. The van der Waals surface area contributed by atoms with Crippen LogP contribution in [0, 0.1) is 5.92 Å². The van der Waals surface area contributed by atoms with Gasteiger partial charge < -0.3 is 10.6 Å². The van der Waals surface area contributed by atoms with Crippen molar-refractivity contribution in [1.29, 1.82) is 0 Å². The number of carbonyl (C=O) groups excluding carboxylic acids is 2. The minimum atomic E-state index is -0.257. The number of urea groups is 1. The summed E-state index contributed by atoms with van der Waals surface area (Å²) in [5.41, 5.74) is 5.82. The molecular weight excluding hydrogens is 182 g/mol. The van der Waals surface area contributed by atoms with Crippen LogP contribution in [0.4, 0.5) is 4.79 Å². The standard InChI is InChI=1S/C9H17N3O2/c1-4-7(10)6-5-11(2)9(14)12(3)8(6)13/h6-7H,4-5,10H2,1-3H3. The number of nitrogens with two attached hydrogens (primary N) is 1. The van der Waals surface area contributed by atoms with Crippen molar-refractivity contribution in [2.45, 2.75) is 19.4 Å². The lowest BCUT2D eigenvalue weighted by Crippen LogP contribution is -2.57. The first-order chi connectivity index (χ1) is 6.49. The third-order valence-electron chi connectivity index (χ3n) is 2.72. The van der Waals surface area contributed by atoms with Crippen molar-refractivity contribution < 1.29 is 9.59 Å². The second-order valence-corrected chi connectivity index (χ2v) is 3.74. The summed E-state index contributed by atoms with van der Waals surface area (Å²) in [4.78, 5) is 25.7. The predicted octanol–water partition coefficient (Wildman–Crippen LogP) is -0.136. The van der Waals surface area contributed by atoms with Crippen molar-refractivity contribution in [3.63, 3.8) is 0 Å². The molecule has 0 radical (unpaired) electrons. The van der Waals surface area contributed by atoms with E-state index in [1.54, 1.807) is 7.05 Å². The number of amides is 3. The normalized spacial score (nSPS) is 25.6. The van der Waals surface area contributed by atoms with Gasteiger partial charge >= 0.3 is 6.03 Å². The Kier molecular flexibility index (Phi) is 3.10. The Morgan fingerprint density at radius 2 is 2.07 bits per heavy atom. The molecule has 1 aliphatic heterocycles. The zero-order chi connectivity index (χ0) is 10.9. The van der Waals surface area contributed by atoms with E-state index in [0.29, 0.717) is 6.54 Å². The Labute approximate surface area is 83.8 Å². The Bertz CT molecular complexity index is 254. The average Bonchev–Trinajstić information content (AvgIpc) is 2.19. The van der Waals surface area contributed by atoms with E-state index >= 15 is 0 Å². The topological polar surface area (TPSA) is 66.6 Å². The first-order valence-electron chi connectivity index (χ1n) is 4.77. The lowest BCUT2D eigenvalue weighted by Gasteiger charge is -2.36.